The van der Waals surface area contributed by atoms with Gasteiger partial charge in [-0.1, -0.05) is 60.2 Å². The second kappa shape index (κ2) is 7.26. The van der Waals surface area contributed by atoms with Crippen molar-refractivity contribution in [1.82, 2.24) is 0 Å². The predicted molar refractivity (Wildman–Crippen MR) is 74.9 cm³/mol. The first-order valence-corrected chi connectivity index (χ1v) is 5.87. The maximum absolute atomic E-state index is 7.32. The molecule has 0 bridgehead atoms. The van der Waals surface area contributed by atoms with Crippen molar-refractivity contribution in [1.29, 1.82) is 5.26 Å². The fourth-order valence-electron chi connectivity index (χ4n) is 1.63. The van der Waals surface area contributed by atoms with Crippen molar-refractivity contribution in [2.75, 3.05) is 0 Å². The maximum atomic E-state index is 7.32. The van der Waals surface area contributed by atoms with Crippen molar-refractivity contribution < 1.29 is 0 Å². The van der Waals surface area contributed by atoms with Gasteiger partial charge in [-0.2, -0.15) is 5.26 Å². The molecule has 0 saturated heterocycles. The first kappa shape index (κ1) is 14.0. The molecular formula is C16H18N2. The molecule has 0 aliphatic carbocycles. The zero-order chi connectivity index (χ0) is 13.4. The Labute approximate surface area is 109 Å². The molecule has 0 fully saturated rings. The summed E-state index contributed by atoms with van der Waals surface area (Å²) in [5.74, 6) is 0. The van der Waals surface area contributed by atoms with Gasteiger partial charge in [0.15, 0.2) is 0 Å². The molecule has 2 aromatic carbocycles. The lowest BCUT2D eigenvalue weighted by Gasteiger charge is -2.12. The van der Waals surface area contributed by atoms with Crippen LogP contribution in [0.3, 0.4) is 0 Å². The van der Waals surface area contributed by atoms with Crippen LogP contribution in [0.25, 0.3) is 0 Å². The molecule has 92 valence electrons. The summed E-state index contributed by atoms with van der Waals surface area (Å²) in [4.78, 5) is 0. The quantitative estimate of drug-likeness (QED) is 0.869. The zero-order valence-corrected chi connectivity index (χ0v) is 10.8. The molecule has 2 aromatic rings. The minimum atomic E-state index is -0.0215. The van der Waals surface area contributed by atoms with E-state index in [-0.39, 0.29) is 6.04 Å². The number of hydrogen-bond donors (Lipinski definition) is 1. The van der Waals surface area contributed by atoms with Crippen molar-refractivity contribution in [3.8, 4) is 6.07 Å². The number of aryl methyl sites for hydroxylation is 1. The summed E-state index contributed by atoms with van der Waals surface area (Å²) in [6.07, 6.45) is 0. The monoisotopic (exact) mass is 238 g/mol. The Kier molecular flexibility index (Phi) is 5.63. The summed E-state index contributed by atoms with van der Waals surface area (Å²) >= 11 is 0. The van der Waals surface area contributed by atoms with E-state index in [4.69, 9.17) is 11.0 Å². The van der Waals surface area contributed by atoms with Crippen LogP contribution in [-0.4, -0.2) is 0 Å². The van der Waals surface area contributed by atoms with Crippen molar-refractivity contribution in [2.45, 2.75) is 19.9 Å². The summed E-state index contributed by atoms with van der Waals surface area (Å²) in [6.45, 7) is 3.51. The van der Waals surface area contributed by atoms with E-state index in [1.54, 1.807) is 6.07 Å². The van der Waals surface area contributed by atoms with Crippen LogP contribution < -0.4 is 5.73 Å². The van der Waals surface area contributed by atoms with Crippen LogP contribution in [0.5, 0.6) is 0 Å². The van der Waals surface area contributed by atoms with Gasteiger partial charge in [0.05, 0.1) is 12.1 Å². The molecule has 0 radical (unpaired) electrons. The van der Waals surface area contributed by atoms with E-state index in [1.807, 2.05) is 18.2 Å². The molecule has 18 heavy (non-hydrogen) atoms. The van der Waals surface area contributed by atoms with Crippen LogP contribution in [0.4, 0.5) is 0 Å². The summed E-state index contributed by atoms with van der Waals surface area (Å²) in [5, 5.41) is 7.32. The van der Waals surface area contributed by atoms with E-state index >= 15 is 0 Å². The summed E-state index contributed by atoms with van der Waals surface area (Å²) in [5.41, 5.74) is 9.74. The highest BCUT2D eigenvalue weighted by Crippen LogP contribution is 2.19. The molecule has 0 aromatic heterocycles. The molecule has 0 heterocycles. The van der Waals surface area contributed by atoms with Gasteiger partial charge in [-0.15, -0.1) is 0 Å². The van der Waals surface area contributed by atoms with Gasteiger partial charge in [0.2, 0.25) is 0 Å². The van der Waals surface area contributed by atoms with Gasteiger partial charge < -0.3 is 5.73 Å². The first-order valence-electron chi connectivity index (χ1n) is 5.87. The van der Waals surface area contributed by atoms with E-state index in [0.29, 0.717) is 0 Å². The highest BCUT2D eigenvalue weighted by atomic mass is 14.6. The molecular weight excluding hydrogens is 220 g/mol. The molecule has 0 spiro atoms. The molecule has 1 atom stereocenters. The first-order chi connectivity index (χ1) is 8.69. The Morgan fingerprint density at radius 2 is 1.39 bits per heavy atom. The van der Waals surface area contributed by atoms with Gasteiger partial charge in [-0.05, 0) is 18.1 Å². The van der Waals surface area contributed by atoms with E-state index < -0.39 is 0 Å². The second-order valence-electron chi connectivity index (χ2n) is 4.02. The topological polar surface area (TPSA) is 49.8 Å². The molecule has 2 nitrogen and oxygen atoms in total. The lowest BCUT2D eigenvalue weighted by atomic mass is 9.99. The van der Waals surface area contributed by atoms with Crippen LogP contribution in [0.1, 0.15) is 29.7 Å². The van der Waals surface area contributed by atoms with E-state index in [1.165, 1.54) is 12.5 Å². The van der Waals surface area contributed by atoms with Crippen LogP contribution in [0.2, 0.25) is 0 Å². The van der Waals surface area contributed by atoms with Gasteiger partial charge in [0.25, 0.3) is 0 Å². The third kappa shape index (κ3) is 4.04. The Morgan fingerprint density at radius 3 is 1.89 bits per heavy atom. The van der Waals surface area contributed by atoms with Gasteiger partial charge in [-0.3, -0.25) is 0 Å². The van der Waals surface area contributed by atoms with Crippen LogP contribution in [0.15, 0.2) is 54.6 Å². The molecule has 2 rings (SSSR count). The second-order valence-corrected chi connectivity index (χ2v) is 4.02. The largest absolute Gasteiger partial charge is 0.320 e. The number of benzene rings is 2. The Balaban J connectivity index is 0.000000492. The minimum absolute atomic E-state index is 0.0215. The van der Waals surface area contributed by atoms with Gasteiger partial charge in [0, 0.05) is 6.92 Å². The number of nitrogens with zero attached hydrogens (tertiary/aromatic N) is 1. The lowest BCUT2D eigenvalue weighted by molar-refractivity contribution is 0.871. The standard InChI is InChI=1S/C14H15N.C2H3N/c1-11-7-9-13(10-8-11)14(15)12-5-3-2-4-6-12;1-2-3/h2-10,14H,15H2,1H3;1H3. The summed E-state index contributed by atoms with van der Waals surface area (Å²) < 4.78 is 0. The third-order valence-corrected chi connectivity index (χ3v) is 2.60. The van der Waals surface area contributed by atoms with Crippen LogP contribution in [-0.2, 0) is 0 Å². The Bertz CT molecular complexity index is 495. The predicted octanol–water partition coefficient (Wildman–Crippen LogP) is 3.57. The molecule has 1 unspecified atom stereocenters. The number of rotatable bonds is 2. The average molecular weight is 238 g/mol. The van der Waals surface area contributed by atoms with E-state index in [2.05, 4.69) is 43.3 Å². The number of nitrogens with two attached hydrogens (primary N) is 1. The van der Waals surface area contributed by atoms with Crippen molar-refractivity contribution >= 4 is 0 Å². The molecule has 0 saturated carbocycles. The van der Waals surface area contributed by atoms with Crippen molar-refractivity contribution in [3.63, 3.8) is 0 Å². The van der Waals surface area contributed by atoms with Gasteiger partial charge in [-0.25, -0.2) is 0 Å². The number of nitriles is 1. The minimum Gasteiger partial charge on any atom is -0.320 e. The van der Waals surface area contributed by atoms with Gasteiger partial charge in [0.1, 0.15) is 0 Å². The normalized spacial score (nSPS) is 10.8. The molecule has 0 aliphatic heterocycles. The van der Waals surface area contributed by atoms with Crippen LogP contribution >= 0.6 is 0 Å². The lowest BCUT2D eigenvalue weighted by Crippen LogP contribution is -2.11. The molecule has 0 aliphatic rings. The average Bonchev–Trinajstić information content (AvgIpc) is 2.41. The summed E-state index contributed by atoms with van der Waals surface area (Å²) in [6, 6.07) is 20.3. The van der Waals surface area contributed by atoms with Crippen LogP contribution in [0, 0.1) is 18.3 Å². The highest BCUT2D eigenvalue weighted by molar-refractivity contribution is 5.32. The Hall–Kier alpha value is -2.11. The smallest absolute Gasteiger partial charge is 0.0587 e. The third-order valence-electron chi connectivity index (χ3n) is 2.60. The Morgan fingerprint density at radius 1 is 0.944 bits per heavy atom. The fourth-order valence-corrected chi connectivity index (χ4v) is 1.63. The van der Waals surface area contributed by atoms with Gasteiger partial charge >= 0.3 is 0 Å². The number of hydrogen-bond acceptors (Lipinski definition) is 2. The molecule has 0 amide bonds. The SMILES string of the molecule is CC#N.Cc1ccc(C(N)c2ccccc2)cc1. The van der Waals surface area contributed by atoms with E-state index in [9.17, 15) is 0 Å². The maximum Gasteiger partial charge on any atom is 0.0587 e. The molecule has 2 N–H and O–H groups in total. The summed E-state index contributed by atoms with van der Waals surface area (Å²) in [7, 11) is 0. The fraction of sp³-hybridized carbons (Fsp3) is 0.188. The van der Waals surface area contributed by atoms with Crippen molar-refractivity contribution in [3.05, 3.63) is 71.3 Å². The highest BCUT2D eigenvalue weighted by Gasteiger charge is 2.06. The van der Waals surface area contributed by atoms with E-state index in [0.717, 1.165) is 11.1 Å². The zero-order valence-electron chi connectivity index (χ0n) is 10.8. The van der Waals surface area contributed by atoms with Crippen molar-refractivity contribution in [2.24, 2.45) is 5.73 Å². The molecule has 2 heteroatoms.